The van der Waals surface area contributed by atoms with E-state index in [1.165, 1.54) is 0 Å². The minimum Gasteiger partial charge on any atom is -0.325 e. The average molecular weight is 163 g/mol. The molecule has 1 saturated heterocycles. The maximum Gasteiger partial charge on any atom is 0.298 e. The molecule has 0 unspecified atom stereocenters. The molecule has 2 heteroatoms. The van der Waals surface area contributed by atoms with E-state index >= 15 is 0 Å². The van der Waals surface area contributed by atoms with E-state index in [1.807, 2.05) is 6.08 Å². The van der Waals surface area contributed by atoms with Crippen LogP contribution in [-0.4, -0.2) is 23.4 Å². The summed E-state index contributed by atoms with van der Waals surface area (Å²) in [5.74, 6) is 5.08. The Labute approximate surface area is 73.2 Å². The van der Waals surface area contributed by atoms with Crippen LogP contribution in [0.2, 0.25) is 0 Å². The first-order valence-corrected chi connectivity index (χ1v) is 4.15. The average Bonchev–Trinajstić information content (AvgIpc) is 2.51. The van der Waals surface area contributed by atoms with Crippen molar-refractivity contribution in [2.45, 2.75) is 25.8 Å². The largest absolute Gasteiger partial charge is 0.325 e. The van der Waals surface area contributed by atoms with E-state index in [0.29, 0.717) is 0 Å². The molecule has 1 amide bonds. The quantitative estimate of drug-likeness (QED) is 0.420. The number of hydrogen-bond donors (Lipinski definition) is 0. The van der Waals surface area contributed by atoms with E-state index in [0.717, 1.165) is 19.4 Å². The summed E-state index contributed by atoms with van der Waals surface area (Å²) in [5.41, 5.74) is 0. The van der Waals surface area contributed by atoms with Crippen molar-refractivity contribution >= 4 is 5.91 Å². The van der Waals surface area contributed by atoms with Crippen LogP contribution >= 0.6 is 0 Å². The first-order chi connectivity index (χ1) is 5.79. The third-order valence-electron chi connectivity index (χ3n) is 2.06. The molecule has 1 atom stereocenters. The highest BCUT2D eigenvalue weighted by Crippen LogP contribution is 2.17. The molecule has 0 aromatic heterocycles. The minimum absolute atomic E-state index is 0.0695. The van der Waals surface area contributed by atoms with Crippen molar-refractivity contribution in [3.63, 3.8) is 0 Å². The summed E-state index contributed by atoms with van der Waals surface area (Å²) in [6, 6.07) is 0.207. The Bertz CT molecular complexity index is 246. The van der Waals surface area contributed by atoms with Crippen molar-refractivity contribution in [3.05, 3.63) is 12.7 Å². The normalized spacial score (nSPS) is 21.4. The first-order valence-electron chi connectivity index (χ1n) is 4.15. The Morgan fingerprint density at radius 1 is 1.75 bits per heavy atom. The highest BCUT2D eigenvalue weighted by Gasteiger charge is 2.24. The van der Waals surface area contributed by atoms with E-state index in [1.54, 1.807) is 11.8 Å². The van der Waals surface area contributed by atoms with Crippen LogP contribution in [0.1, 0.15) is 19.8 Å². The fraction of sp³-hybridized carbons (Fsp3) is 0.500. The predicted octanol–water partition coefficient (Wildman–Crippen LogP) is 1.19. The topological polar surface area (TPSA) is 20.3 Å². The summed E-state index contributed by atoms with van der Waals surface area (Å²) >= 11 is 0. The van der Waals surface area contributed by atoms with Gasteiger partial charge in [0.1, 0.15) is 0 Å². The molecule has 2 nitrogen and oxygen atoms in total. The van der Waals surface area contributed by atoms with Gasteiger partial charge >= 0.3 is 0 Å². The fourth-order valence-electron chi connectivity index (χ4n) is 1.47. The Hall–Kier alpha value is -1.23. The van der Waals surface area contributed by atoms with Crippen LogP contribution in [0.5, 0.6) is 0 Å². The Morgan fingerprint density at radius 3 is 3.08 bits per heavy atom. The van der Waals surface area contributed by atoms with Crippen molar-refractivity contribution in [2.24, 2.45) is 0 Å². The van der Waals surface area contributed by atoms with Gasteiger partial charge in [0.05, 0.1) is 6.04 Å². The molecule has 1 heterocycles. The summed E-state index contributed by atoms with van der Waals surface area (Å²) in [4.78, 5) is 13.1. The molecule has 64 valence electrons. The van der Waals surface area contributed by atoms with Crippen molar-refractivity contribution in [1.29, 1.82) is 0 Å². The van der Waals surface area contributed by atoms with Gasteiger partial charge in [-0.3, -0.25) is 4.79 Å². The van der Waals surface area contributed by atoms with E-state index < -0.39 is 0 Å². The first kappa shape index (κ1) is 8.86. The molecule has 0 aromatic rings. The lowest BCUT2D eigenvalue weighted by Crippen LogP contribution is -2.33. The molecule has 0 bridgehead atoms. The van der Waals surface area contributed by atoms with Crippen molar-refractivity contribution in [1.82, 2.24) is 4.90 Å². The van der Waals surface area contributed by atoms with Gasteiger partial charge in [-0.05, 0) is 25.7 Å². The maximum atomic E-state index is 11.3. The van der Waals surface area contributed by atoms with Gasteiger partial charge in [0, 0.05) is 6.54 Å². The van der Waals surface area contributed by atoms with Gasteiger partial charge in [0.25, 0.3) is 5.91 Å². The highest BCUT2D eigenvalue weighted by atomic mass is 16.2. The molecule has 1 fully saturated rings. The molecular formula is C10H13NO. The molecule has 0 N–H and O–H groups in total. The van der Waals surface area contributed by atoms with Crippen LogP contribution < -0.4 is 0 Å². The third kappa shape index (κ3) is 1.68. The number of carbonyl (C=O) groups is 1. The zero-order chi connectivity index (χ0) is 8.97. The second-order valence-corrected chi connectivity index (χ2v) is 2.82. The lowest BCUT2D eigenvalue weighted by Gasteiger charge is -2.18. The van der Waals surface area contributed by atoms with Crippen LogP contribution in [0.15, 0.2) is 12.7 Å². The van der Waals surface area contributed by atoms with Crippen LogP contribution in [0, 0.1) is 11.8 Å². The van der Waals surface area contributed by atoms with Gasteiger partial charge in [0.15, 0.2) is 0 Å². The number of carbonyl (C=O) groups excluding carboxylic acids is 1. The summed E-state index contributed by atoms with van der Waals surface area (Å²) in [5, 5.41) is 0. The molecule has 12 heavy (non-hydrogen) atoms. The van der Waals surface area contributed by atoms with Crippen LogP contribution in [0.4, 0.5) is 0 Å². The zero-order valence-electron chi connectivity index (χ0n) is 7.34. The van der Waals surface area contributed by atoms with Crippen molar-refractivity contribution < 1.29 is 4.79 Å². The highest BCUT2D eigenvalue weighted by molar-refractivity contribution is 5.93. The maximum absolute atomic E-state index is 11.3. The summed E-state index contributed by atoms with van der Waals surface area (Å²) in [6.07, 6.45) is 3.91. The number of rotatable bonds is 1. The third-order valence-corrected chi connectivity index (χ3v) is 2.06. The van der Waals surface area contributed by atoms with Gasteiger partial charge in [-0.2, -0.15) is 0 Å². The Balaban J connectivity index is 2.65. The standard InChI is InChI=1S/C10H13NO/c1-3-6-10(12)11-8-5-7-9(11)4-2/h4,9H,2,5,7-8H2,1H3/t9-/m1/s1. The second kappa shape index (κ2) is 3.96. The Kier molecular flexibility index (Phi) is 2.93. The predicted molar refractivity (Wildman–Crippen MR) is 48.4 cm³/mol. The molecule has 0 aromatic carbocycles. The van der Waals surface area contributed by atoms with E-state index in [-0.39, 0.29) is 11.9 Å². The number of likely N-dealkylation sites (tertiary alicyclic amines) is 1. The van der Waals surface area contributed by atoms with Gasteiger partial charge in [-0.15, -0.1) is 6.58 Å². The van der Waals surface area contributed by atoms with Crippen LogP contribution in [0.3, 0.4) is 0 Å². The van der Waals surface area contributed by atoms with Gasteiger partial charge in [-0.1, -0.05) is 12.0 Å². The van der Waals surface area contributed by atoms with E-state index in [4.69, 9.17) is 0 Å². The second-order valence-electron chi connectivity index (χ2n) is 2.82. The SMILES string of the molecule is C=C[C@@H]1CCCN1C(=O)C#CC. The lowest BCUT2D eigenvalue weighted by molar-refractivity contribution is -0.125. The van der Waals surface area contributed by atoms with Gasteiger partial charge in [0.2, 0.25) is 0 Å². The minimum atomic E-state index is -0.0695. The van der Waals surface area contributed by atoms with E-state index in [9.17, 15) is 4.79 Å². The zero-order valence-corrected chi connectivity index (χ0v) is 7.34. The van der Waals surface area contributed by atoms with Gasteiger partial charge in [-0.25, -0.2) is 0 Å². The van der Waals surface area contributed by atoms with Crippen molar-refractivity contribution in [3.8, 4) is 11.8 Å². The number of nitrogens with zero attached hydrogens (tertiary/aromatic N) is 1. The molecule has 1 aliphatic heterocycles. The molecule has 0 aliphatic carbocycles. The molecule has 0 radical (unpaired) electrons. The summed E-state index contributed by atoms with van der Waals surface area (Å²) in [7, 11) is 0. The summed E-state index contributed by atoms with van der Waals surface area (Å²) in [6.45, 7) is 6.19. The summed E-state index contributed by atoms with van der Waals surface area (Å²) < 4.78 is 0. The Morgan fingerprint density at radius 2 is 2.50 bits per heavy atom. The molecule has 1 rings (SSSR count). The monoisotopic (exact) mass is 163 g/mol. The smallest absolute Gasteiger partial charge is 0.298 e. The number of hydrogen-bond acceptors (Lipinski definition) is 1. The molecule has 0 spiro atoms. The van der Waals surface area contributed by atoms with Crippen LogP contribution in [0.25, 0.3) is 0 Å². The lowest BCUT2D eigenvalue weighted by atomic mass is 10.2. The van der Waals surface area contributed by atoms with Crippen LogP contribution in [-0.2, 0) is 4.79 Å². The fourth-order valence-corrected chi connectivity index (χ4v) is 1.47. The molecule has 1 aliphatic rings. The van der Waals surface area contributed by atoms with E-state index in [2.05, 4.69) is 18.4 Å². The number of amides is 1. The van der Waals surface area contributed by atoms with Crippen molar-refractivity contribution in [2.75, 3.05) is 6.54 Å². The molecule has 0 saturated carbocycles. The molecular weight excluding hydrogens is 150 g/mol. The van der Waals surface area contributed by atoms with Gasteiger partial charge < -0.3 is 4.90 Å².